The molecule has 1 unspecified atom stereocenters. The van der Waals surface area contributed by atoms with E-state index in [4.69, 9.17) is 19.7 Å². The van der Waals surface area contributed by atoms with Gasteiger partial charge in [-0.2, -0.15) is 0 Å². The molecule has 0 aromatic heterocycles. The van der Waals surface area contributed by atoms with E-state index >= 15 is 0 Å². The Morgan fingerprint density at radius 2 is 2.00 bits per heavy atom. The van der Waals surface area contributed by atoms with Gasteiger partial charge in [0, 0.05) is 25.5 Å². The summed E-state index contributed by atoms with van der Waals surface area (Å²) in [7, 11) is 0. The van der Waals surface area contributed by atoms with Crippen molar-refractivity contribution < 1.29 is 29.3 Å². The molecule has 0 aromatic rings. The van der Waals surface area contributed by atoms with Crippen LogP contribution in [0.3, 0.4) is 0 Å². The van der Waals surface area contributed by atoms with Gasteiger partial charge in [0.05, 0.1) is 18.3 Å². The lowest BCUT2D eigenvalue weighted by Crippen LogP contribution is -2.14. The maximum absolute atomic E-state index is 11.8. The van der Waals surface area contributed by atoms with Gasteiger partial charge in [0.1, 0.15) is 5.76 Å². The van der Waals surface area contributed by atoms with Crippen LogP contribution in [0.4, 0.5) is 0 Å². The number of ether oxygens (including phenoxy) is 2. The first kappa shape index (κ1) is 19.3. The minimum atomic E-state index is -0.648. The van der Waals surface area contributed by atoms with Gasteiger partial charge in [-0.05, 0) is 26.7 Å². The third kappa shape index (κ3) is 8.99. The number of carbonyl (C=O) groups is 2. The van der Waals surface area contributed by atoms with Gasteiger partial charge in [0.2, 0.25) is 0 Å². The fourth-order valence-corrected chi connectivity index (χ4v) is 1.42. The van der Waals surface area contributed by atoms with Crippen LogP contribution in [-0.2, 0) is 19.1 Å². The van der Waals surface area contributed by atoms with Gasteiger partial charge in [0.25, 0.3) is 0 Å². The first-order valence-corrected chi connectivity index (χ1v) is 6.92. The highest BCUT2D eigenvalue weighted by atomic mass is 16.5. The van der Waals surface area contributed by atoms with Crippen LogP contribution < -0.4 is 0 Å². The molecule has 0 rings (SSSR count). The molecule has 0 spiro atoms. The molecule has 0 aliphatic carbocycles. The molecule has 1 atom stereocenters. The highest BCUT2D eigenvalue weighted by Crippen LogP contribution is 2.16. The smallest absolute Gasteiger partial charge is 0.337 e. The Hall–Kier alpha value is -1.66. The van der Waals surface area contributed by atoms with Crippen LogP contribution in [-0.4, -0.2) is 41.5 Å². The normalized spacial score (nSPS) is 13.1. The van der Waals surface area contributed by atoms with Crippen molar-refractivity contribution in [3.05, 3.63) is 24.0 Å². The Morgan fingerprint density at radius 1 is 1.33 bits per heavy atom. The van der Waals surface area contributed by atoms with Crippen molar-refractivity contribution in [1.82, 2.24) is 0 Å². The molecule has 6 heteroatoms. The summed E-state index contributed by atoms with van der Waals surface area (Å²) in [5, 5.41) is 17.9. The van der Waals surface area contributed by atoms with Crippen molar-refractivity contribution in [2.75, 3.05) is 13.2 Å². The van der Waals surface area contributed by atoms with E-state index in [0.717, 1.165) is 6.08 Å². The Bertz CT molecular complexity index is 384. The van der Waals surface area contributed by atoms with Gasteiger partial charge in [-0.3, -0.25) is 0 Å². The second-order valence-corrected chi connectivity index (χ2v) is 4.63. The van der Waals surface area contributed by atoms with Crippen molar-refractivity contribution in [2.24, 2.45) is 0 Å². The van der Waals surface area contributed by atoms with E-state index in [9.17, 15) is 9.59 Å². The number of carbonyl (C=O) groups excluding carboxylic acids is 2. The fourth-order valence-electron chi connectivity index (χ4n) is 1.42. The van der Waals surface area contributed by atoms with E-state index in [1.54, 1.807) is 6.92 Å². The second-order valence-electron chi connectivity index (χ2n) is 4.63. The maximum Gasteiger partial charge on any atom is 0.337 e. The molecule has 120 valence electrons. The third-order valence-corrected chi connectivity index (χ3v) is 2.70. The van der Waals surface area contributed by atoms with Gasteiger partial charge in [-0.1, -0.05) is 6.58 Å². The SMILES string of the molecule is C=CC(=O)OC(CCCCO)=C(C)C(=O)OCCC(C)O. The summed E-state index contributed by atoms with van der Waals surface area (Å²) in [5.41, 5.74) is 0.203. The largest absolute Gasteiger partial charge is 0.462 e. The van der Waals surface area contributed by atoms with Gasteiger partial charge in [-0.15, -0.1) is 0 Å². The molecule has 0 amide bonds. The summed E-state index contributed by atoms with van der Waals surface area (Å²) < 4.78 is 10.0. The highest BCUT2D eigenvalue weighted by Gasteiger charge is 2.16. The van der Waals surface area contributed by atoms with Gasteiger partial charge >= 0.3 is 11.9 Å². The molecule has 0 bridgehead atoms. The minimum Gasteiger partial charge on any atom is -0.462 e. The minimum absolute atomic E-state index is 0.0283. The molecule has 0 saturated carbocycles. The number of aliphatic hydroxyl groups excluding tert-OH is 2. The van der Waals surface area contributed by atoms with Gasteiger partial charge < -0.3 is 19.7 Å². The van der Waals surface area contributed by atoms with Gasteiger partial charge in [-0.25, -0.2) is 9.59 Å². The number of aliphatic hydroxyl groups is 2. The molecule has 0 fully saturated rings. The zero-order chi connectivity index (χ0) is 16.3. The predicted molar refractivity (Wildman–Crippen MR) is 77.2 cm³/mol. The van der Waals surface area contributed by atoms with Crippen LogP contribution in [0.5, 0.6) is 0 Å². The Kier molecular flexibility index (Phi) is 10.2. The van der Waals surface area contributed by atoms with Crippen molar-refractivity contribution >= 4 is 11.9 Å². The summed E-state index contributed by atoms with van der Waals surface area (Å²) in [5.74, 6) is -1.02. The van der Waals surface area contributed by atoms with Gasteiger partial charge in [0.15, 0.2) is 0 Å². The van der Waals surface area contributed by atoms with Crippen molar-refractivity contribution in [1.29, 1.82) is 0 Å². The second kappa shape index (κ2) is 11.0. The number of hydrogen-bond donors (Lipinski definition) is 2. The van der Waals surface area contributed by atoms with E-state index < -0.39 is 18.0 Å². The molecule has 0 aliphatic heterocycles. The molecule has 0 saturated heterocycles. The zero-order valence-corrected chi connectivity index (χ0v) is 12.6. The van der Waals surface area contributed by atoms with Crippen LogP contribution in [0.15, 0.2) is 24.0 Å². The lowest BCUT2D eigenvalue weighted by atomic mass is 10.1. The van der Waals surface area contributed by atoms with Crippen LogP contribution in [0.25, 0.3) is 0 Å². The zero-order valence-electron chi connectivity index (χ0n) is 12.6. The molecule has 2 N–H and O–H groups in total. The number of esters is 2. The molecule has 6 nitrogen and oxygen atoms in total. The maximum atomic E-state index is 11.8. The molecule has 0 aromatic carbocycles. The topological polar surface area (TPSA) is 93.1 Å². The van der Waals surface area contributed by atoms with E-state index in [-0.39, 0.29) is 24.5 Å². The Labute approximate surface area is 125 Å². The monoisotopic (exact) mass is 300 g/mol. The quantitative estimate of drug-likeness (QED) is 0.275. The number of allylic oxidation sites excluding steroid dienone is 1. The summed E-state index contributed by atoms with van der Waals surface area (Å²) >= 11 is 0. The lowest BCUT2D eigenvalue weighted by Gasteiger charge is -2.12. The van der Waals surface area contributed by atoms with E-state index in [0.29, 0.717) is 25.7 Å². The summed E-state index contributed by atoms with van der Waals surface area (Å²) in [6.07, 6.45) is 2.26. The van der Waals surface area contributed by atoms with Crippen LogP contribution in [0.2, 0.25) is 0 Å². The molecular formula is C15H24O6. The first-order chi connectivity index (χ1) is 9.92. The summed E-state index contributed by atoms with van der Waals surface area (Å²) in [4.78, 5) is 23.1. The van der Waals surface area contributed by atoms with Crippen molar-refractivity contribution in [2.45, 2.75) is 45.6 Å². The third-order valence-electron chi connectivity index (χ3n) is 2.70. The van der Waals surface area contributed by atoms with E-state index in [1.165, 1.54) is 6.92 Å². The molecule has 0 heterocycles. The van der Waals surface area contributed by atoms with E-state index in [2.05, 4.69) is 6.58 Å². The van der Waals surface area contributed by atoms with Crippen molar-refractivity contribution in [3.8, 4) is 0 Å². The standard InChI is InChI=1S/C15H24O6/c1-4-14(18)21-13(7-5-6-9-16)12(3)15(19)20-10-8-11(2)17/h4,11,16-17H,1,5-10H2,2-3H3. The predicted octanol–water partition coefficient (Wildman–Crippen LogP) is 1.47. The number of rotatable bonds is 10. The van der Waals surface area contributed by atoms with Crippen LogP contribution >= 0.6 is 0 Å². The van der Waals surface area contributed by atoms with Crippen LogP contribution in [0.1, 0.15) is 39.5 Å². The van der Waals surface area contributed by atoms with Crippen LogP contribution in [0, 0.1) is 0 Å². The Morgan fingerprint density at radius 3 is 2.52 bits per heavy atom. The van der Waals surface area contributed by atoms with E-state index in [1.807, 2.05) is 0 Å². The highest BCUT2D eigenvalue weighted by molar-refractivity contribution is 5.89. The summed E-state index contributed by atoms with van der Waals surface area (Å²) in [6, 6.07) is 0. The Balaban J connectivity index is 4.73. The number of unbranched alkanes of at least 4 members (excludes halogenated alkanes) is 1. The number of hydrogen-bond acceptors (Lipinski definition) is 6. The molecule has 21 heavy (non-hydrogen) atoms. The lowest BCUT2D eigenvalue weighted by molar-refractivity contribution is -0.140. The molecular weight excluding hydrogens is 276 g/mol. The average Bonchev–Trinajstić information content (AvgIpc) is 2.44. The average molecular weight is 300 g/mol. The first-order valence-electron chi connectivity index (χ1n) is 6.92. The fraction of sp³-hybridized carbons (Fsp3) is 0.600. The van der Waals surface area contributed by atoms with Crippen molar-refractivity contribution in [3.63, 3.8) is 0 Å². The molecule has 0 radical (unpaired) electrons. The summed E-state index contributed by atoms with van der Waals surface area (Å²) in [6.45, 7) is 6.53. The molecule has 0 aliphatic rings.